The number of hydrogen-bond acceptors (Lipinski definition) is 4. The number of amides is 1. The van der Waals surface area contributed by atoms with E-state index in [1.54, 1.807) is 6.33 Å². The van der Waals surface area contributed by atoms with Gasteiger partial charge in [-0.25, -0.2) is 9.67 Å². The van der Waals surface area contributed by atoms with Crippen molar-refractivity contribution >= 4 is 5.91 Å². The van der Waals surface area contributed by atoms with Gasteiger partial charge in [0.15, 0.2) is 12.4 Å². The summed E-state index contributed by atoms with van der Waals surface area (Å²) in [5.41, 5.74) is 0.996. The number of nitrogens with zero attached hydrogens (tertiary/aromatic N) is 4. The Morgan fingerprint density at radius 2 is 1.92 bits per heavy atom. The molecule has 1 amide bonds. The minimum absolute atomic E-state index is 0.0708. The zero-order valence-electron chi connectivity index (χ0n) is 14.1. The second kappa shape index (κ2) is 7.95. The second-order valence-corrected chi connectivity index (χ2v) is 6.06. The summed E-state index contributed by atoms with van der Waals surface area (Å²) in [5, 5.41) is 4.24. The molecule has 0 N–H and O–H groups in total. The first-order chi connectivity index (χ1) is 11.8. The number of likely N-dealkylation sites (tertiary alicyclic amines) is 1. The summed E-state index contributed by atoms with van der Waals surface area (Å²) in [6.07, 6.45) is 6.00. The van der Waals surface area contributed by atoms with Gasteiger partial charge in [0.2, 0.25) is 0 Å². The van der Waals surface area contributed by atoms with Gasteiger partial charge in [0.05, 0.1) is 0 Å². The van der Waals surface area contributed by atoms with Crippen molar-refractivity contribution in [2.75, 3.05) is 19.7 Å². The van der Waals surface area contributed by atoms with E-state index in [1.165, 1.54) is 6.42 Å². The van der Waals surface area contributed by atoms with E-state index in [1.807, 2.05) is 33.8 Å². The maximum atomic E-state index is 12.1. The molecule has 2 aromatic rings. The number of ether oxygens (including phenoxy) is 1. The Bertz CT molecular complexity index is 660. The first-order valence-electron chi connectivity index (χ1n) is 8.66. The third-order valence-corrected chi connectivity index (χ3v) is 4.23. The van der Waals surface area contributed by atoms with Gasteiger partial charge in [-0.1, -0.05) is 6.92 Å². The van der Waals surface area contributed by atoms with Gasteiger partial charge < -0.3 is 9.64 Å². The number of carbonyl (C=O) groups is 1. The fourth-order valence-corrected chi connectivity index (χ4v) is 2.94. The SMILES string of the molecule is CCCn1ncnc1-c1ccc(OCC(=O)N2CCCCC2)cc1. The molecule has 3 rings (SSSR count). The molecule has 0 unspecified atom stereocenters. The number of aromatic nitrogens is 3. The smallest absolute Gasteiger partial charge is 0.260 e. The van der Waals surface area contributed by atoms with E-state index in [0.29, 0.717) is 5.75 Å². The van der Waals surface area contributed by atoms with Crippen LogP contribution in [0.2, 0.25) is 0 Å². The summed E-state index contributed by atoms with van der Waals surface area (Å²) in [4.78, 5) is 18.3. The molecule has 1 aromatic heterocycles. The molecule has 6 nitrogen and oxygen atoms in total. The van der Waals surface area contributed by atoms with Gasteiger partial charge in [0.25, 0.3) is 5.91 Å². The molecule has 1 aromatic carbocycles. The van der Waals surface area contributed by atoms with Gasteiger partial charge in [0, 0.05) is 25.2 Å². The standard InChI is InChI=1S/C18H24N4O2/c1-2-10-22-18(19-14-20-22)15-6-8-16(9-7-15)24-13-17(23)21-11-4-3-5-12-21/h6-9,14H,2-5,10-13H2,1H3. The van der Waals surface area contributed by atoms with Crippen LogP contribution in [0.5, 0.6) is 5.75 Å². The highest BCUT2D eigenvalue weighted by atomic mass is 16.5. The molecule has 0 atom stereocenters. The summed E-state index contributed by atoms with van der Waals surface area (Å²) in [5.74, 6) is 1.62. The van der Waals surface area contributed by atoms with E-state index in [0.717, 1.165) is 50.3 Å². The number of piperidine rings is 1. The number of rotatable bonds is 6. The normalized spacial score (nSPS) is 14.6. The Balaban J connectivity index is 1.58. The maximum absolute atomic E-state index is 12.1. The van der Waals surface area contributed by atoms with Crippen molar-refractivity contribution in [3.05, 3.63) is 30.6 Å². The fourth-order valence-electron chi connectivity index (χ4n) is 2.94. The predicted molar refractivity (Wildman–Crippen MR) is 91.7 cm³/mol. The third-order valence-electron chi connectivity index (χ3n) is 4.23. The van der Waals surface area contributed by atoms with E-state index in [4.69, 9.17) is 4.74 Å². The van der Waals surface area contributed by atoms with Crippen molar-refractivity contribution in [3.63, 3.8) is 0 Å². The van der Waals surface area contributed by atoms with Gasteiger partial charge in [-0.15, -0.1) is 0 Å². The van der Waals surface area contributed by atoms with E-state index in [9.17, 15) is 4.79 Å². The largest absolute Gasteiger partial charge is 0.484 e. The zero-order valence-corrected chi connectivity index (χ0v) is 14.1. The molecule has 1 aliphatic rings. The lowest BCUT2D eigenvalue weighted by molar-refractivity contribution is -0.134. The van der Waals surface area contributed by atoms with Crippen LogP contribution in [-0.2, 0) is 11.3 Å². The van der Waals surface area contributed by atoms with Gasteiger partial charge >= 0.3 is 0 Å². The molecule has 1 aliphatic heterocycles. The minimum Gasteiger partial charge on any atom is -0.484 e. The Kier molecular flexibility index (Phi) is 5.46. The molecular formula is C18H24N4O2. The number of benzene rings is 1. The van der Waals surface area contributed by atoms with E-state index in [-0.39, 0.29) is 12.5 Å². The summed E-state index contributed by atoms with van der Waals surface area (Å²) in [7, 11) is 0. The number of carbonyl (C=O) groups excluding carboxylic acids is 1. The second-order valence-electron chi connectivity index (χ2n) is 6.06. The molecule has 1 fully saturated rings. The Labute approximate surface area is 142 Å². The Hall–Kier alpha value is -2.37. The van der Waals surface area contributed by atoms with Crippen LogP contribution < -0.4 is 4.74 Å². The van der Waals surface area contributed by atoms with E-state index >= 15 is 0 Å². The van der Waals surface area contributed by atoms with Crippen molar-refractivity contribution in [1.29, 1.82) is 0 Å². The lowest BCUT2D eigenvalue weighted by atomic mass is 10.1. The molecule has 1 saturated heterocycles. The quantitative estimate of drug-likeness (QED) is 0.818. The average molecular weight is 328 g/mol. The topological polar surface area (TPSA) is 60.2 Å². The van der Waals surface area contributed by atoms with Gasteiger partial charge in [-0.05, 0) is 49.9 Å². The van der Waals surface area contributed by atoms with Crippen LogP contribution in [0.1, 0.15) is 32.6 Å². The van der Waals surface area contributed by atoms with E-state index in [2.05, 4.69) is 17.0 Å². The van der Waals surface area contributed by atoms with Crippen LogP contribution in [0.3, 0.4) is 0 Å². The van der Waals surface area contributed by atoms with Gasteiger partial charge in [0.1, 0.15) is 12.1 Å². The highest BCUT2D eigenvalue weighted by Crippen LogP contribution is 2.21. The molecule has 0 aliphatic carbocycles. The predicted octanol–water partition coefficient (Wildman–Crippen LogP) is 2.75. The average Bonchev–Trinajstić information content (AvgIpc) is 3.09. The first kappa shape index (κ1) is 16.5. The van der Waals surface area contributed by atoms with Crippen LogP contribution in [-0.4, -0.2) is 45.3 Å². The molecule has 128 valence electrons. The molecule has 0 saturated carbocycles. The number of aryl methyl sites for hydroxylation is 1. The van der Waals surface area contributed by atoms with E-state index < -0.39 is 0 Å². The van der Waals surface area contributed by atoms with Crippen molar-refractivity contribution < 1.29 is 9.53 Å². The maximum Gasteiger partial charge on any atom is 0.260 e. The lowest BCUT2D eigenvalue weighted by Gasteiger charge is -2.26. The van der Waals surface area contributed by atoms with Gasteiger partial charge in [-0.2, -0.15) is 5.10 Å². The molecule has 0 bridgehead atoms. The molecule has 0 spiro atoms. The summed E-state index contributed by atoms with van der Waals surface area (Å²) >= 11 is 0. The Morgan fingerprint density at radius 3 is 2.62 bits per heavy atom. The third kappa shape index (κ3) is 3.93. The van der Waals surface area contributed by atoms with Crippen molar-refractivity contribution in [3.8, 4) is 17.1 Å². The van der Waals surface area contributed by atoms with Crippen LogP contribution in [0.15, 0.2) is 30.6 Å². The zero-order chi connectivity index (χ0) is 16.8. The highest BCUT2D eigenvalue weighted by molar-refractivity contribution is 5.77. The lowest BCUT2D eigenvalue weighted by Crippen LogP contribution is -2.38. The first-order valence-corrected chi connectivity index (χ1v) is 8.66. The van der Waals surface area contributed by atoms with Crippen LogP contribution >= 0.6 is 0 Å². The number of hydrogen-bond donors (Lipinski definition) is 0. The van der Waals surface area contributed by atoms with Gasteiger partial charge in [-0.3, -0.25) is 4.79 Å². The monoisotopic (exact) mass is 328 g/mol. The van der Waals surface area contributed by atoms with Crippen LogP contribution in [0, 0.1) is 0 Å². The van der Waals surface area contributed by atoms with Crippen LogP contribution in [0.25, 0.3) is 11.4 Å². The van der Waals surface area contributed by atoms with Crippen molar-refractivity contribution in [2.45, 2.75) is 39.2 Å². The summed E-state index contributed by atoms with van der Waals surface area (Å²) < 4.78 is 7.54. The Morgan fingerprint density at radius 1 is 1.17 bits per heavy atom. The fraction of sp³-hybridized carbons (Fsp3) is 0.500. The summed E-state index contributed by atoms with van der Waals surface area (Å²) in [6, 6.07) is 7.67. The minimum atomic E-state index is 0.0708. The van der Waals surface area contributed by atoms with Crippen molar-refractivity contribution in [2.24, 2.45) is 0 Å². The summed E-state index contributed by atoms with van der Waals surface area (Å²) in [6.45, 7) is 4.77. The molecule has 6 heteroatoms. The van der Waals surface area contributed by atoms with Crippen LogP contribution in [0.4, 0.5) is 0 Å². The molecular weight excluding hydrogens is 304 g/mol. The molecule has 0 radical (unpaired) electrons. The molecule has 24 heavy (non-hydrogen) atoms. The molecule has 2 heterocycles. The van der Waals surface area contributed by atoms with Crippen molar-refractivity contribution in [1.82, 2.24) is 19.7 Å². The highest BCUT2D eigenvalue weighted by Gasteiger charge is 2.16.